The molecule has 0 saturated carbocycles. The van der Waals surface area contributed by atoms with Crippen molar-refractivity contribution in [2.24, 2.45) is 0 Å². The Morgan fingerprint density at radius 2 is 1.59 bits per heavy atom. The second-order valence-electron chi connectivity index (χ2n) is 5.88. The molecule has 1 unspecified atom stereocenters. The van der Waals surface area contributed by atoms with Gasteiger partial charge in [0.05, 0.1) is 12.7 Å². The molecule has 2 rings (SSSR count). The number of hydrogen-bond donors (Lipinski definition) is 3. The minimum absolute atomic E-state index is 0.0160. The van der Waals surface area contributed by atoms with E-state index < -0.39 is 30.0 Å². The molecule has 0 spiro atoms. The molecule has 2 aromatic rings. The number of carbonyl (C=O) groups excluding carboxylic acids is 3. The van der Waals surface area contributed by atoms with Crippen LogP contribution >= 0.6 is 0 Å². The second kappa shape index (κ2) is 10.5. The summed E-state index contributed by atoms with van der Waals surface area (Å²) in [6.07, 6.45) is -0.919. The molecule has 152 valence electrons. The van der Waals surface area contributed by atoms with Crippen LogP contribution in [0.1, 0.15) is 26.3 Å². The van der Waals surface area contributed by atoms with Gasteiger partial charge in [-0.3, -0.25) is 4.79 Å². The summed E-state index contributed by atoms with van der Waals surface area (Å²) in [4.78, 5) is 46.7. The first kappa shape index (κ1) is 21.4. The van der Waals surface area contributed by atoms with E-state index in [0.717, 1.165) is 5.56 Å². The topological polar surface area (TPSA) is 131 Å². The van der Waals surface area contributed by atoms with Gasteiger partial charge in [-0.25, -0.2) is 14.4 Å². The zero-order valence-electron chi connectivity index (χ0n) is 15.6. The molecular formula is C20H20N2O7. The molecule has 29 heavy (non-hydrogen) atoms. The van der Waals surface area contributed by atoms with Crippen LogP contribution in [-0.2, 0) is 20.9 Å². The zero-order valence-corrected chi connectivity index (χ0v) is 15.6. The third-order valence-corrected chi connectivity index (χ3v) is 3.84. The molecule has 0 heterocycles. The molecule has 0 saturated heterocycles. The van der Waals surface area contributed by atoms with E-state index in [0.29, 0.717) is 0 Å². The maximum atomic E-state index is 12.2. The Bertz CT molecular complexity index is 866. The van der Waals surface area contributed by atoms with Gasteiger partial charge in [0.1, 0.15) is 12.6 Å². The van der Waals surface area contributed by atoms with E-state index in [9.17, 15) is 24.3 Å². The molecule has 0 aromatic heterocycles. The van der Waals surface area contributed by atoms with Gasteiger partial charge in [0, 0.05) is 12.1 Å². The Balaban J connectivity index is 1.86. The number of carbonyl (C=O) groups is 4. The highest BCUT2D eigenvalue weighted by Gasteiger charge is 2.22. The van der Waals surface area contributed by atoms with Crippen LogP contribution in [0.15, 0.2) is 54.6 Å². The Morgan fingerprint density at radius 1 is 0.966 bits per heavy atom. The quantitative estimate of drug-likeness (QED) is 0.573. The lowest BCUT2D eigenvalue weighted by Gasteiger charge is -2.15. The average molecular weight is 400 g/mol. The van der Waals surface area contributed by atoms with Crippen molar-refractivity contribution >= 4 is 23.9 Å². The maximum absolute atomic E-state index is 12.2. The average Bonchev–Trinajstić information content (AvgIpc) is 2.75. The van der Waals surface area contributed by atoms with Crippen molar-refractivity contribution in [2.45, 2.75) is 12.6 Å². The summed E-state index contributed by atoms with van der Waals surface area (Å²) in [6.45, 7) is -0.370. The van der Waals surface area contributed by atoms with E-state index in [2.05, 4.69) is 15.4 Å². The maximum Gasteiger partial charge on any atom is 0.408 e. The second-order valence-corrected chi connectivity index (χ2v) is 5.88. The van der Waals surface area contributed by atoms with Gasteiger partial charge in [-0.05, 0) is 29.8 Å². The molecule has 9 heteroatoms. The van der Waals surface area contributed by atoms with Crippen molar-refractivity contribution in [2.75, 3.05) is 13.7 Å². The first-order valence-corrected chi connectivity index (χ1v) is 8.57. The number of hydrogen-bond acceptors (Lipinski definition) is 6. The minimum Gasteiger partial charge on any atom is -0.480 e. The van der Waals surface area contributed by atoms with Gasteiger partial charge in [0.25, 0.3) is 5.91 Å². The van der Waals surface area contributed by atoms with Crippen LogP contribution < -0.4 is 10.6 Å². The number of carboxylic acid groups (broad SMARTS) is 1. The van der Waals surface area contributed by atoms with Crippen molar-refractivity contribution in [1.29, 1.82) is 0 Å². The lowest BCUT2D eigenvalue weighted by atomic mass is 10.1. The standard InChI is InChI=1S/C20H20N2O7/c1-28-19(26)15-9-7-14(8-10-15)17(23)21-11-16(18(24)25)22-20(27)29-12-13-5-3-2-4-6-13/h2-10,16H,11-12H2,1H3,(H,21,23)(H,22,27)(H,24,25). The SMILES string of the molecule is COC(=O)c1ccc(C(=O)NCC(NC(=O)OCc2ccccc2)C(=O)O)cc1. The van der Waals surface area contributed by atoms with Crippen LogP contribution in [0.4, 0.5) is 4.79 Å². The lowest BCUT2D eigenvalue weighted by molar-refractivity contribution is -0.139. The van der Waals surface area contributed by atoms with E-state index in [1.54, 1.807) is 24.3 Å². The van der Waals surface area contributed by atoms with Crippen LogP contribution in [0.25, 0.3) is 0 Å². The van der Waals surface area contributed by atoms with Crippen molar-refractivity contribution < 1.29 is 33.8 Å². The van der Waals surface area contributed by atoms with Crippen molar-refractivity contribution in [3.05, 3.63) is 71.3 Å². The van der Waals surface area contributed by atoms with Gasteiger partial charge in [-0.2, -0.15) is 0 Å². The summed E-state index contributed by atoms with van der Waals surface area (Å²) in [6, 6.07) is 13.1. The summed E-state index contributed by atoms with van der Waals surface area (Å²) in [5, 5.41) is 13.8. The van der Waals surface area contributed by atoms with Crippen molar-refractivity contribution in [3.8, 4) is 0 Å². The van der Waals surface area contributed by atoms with Gasteiger partial charge in [0.2, 0.25) is 0 Å². The van der Waals surface area contributed by atoms with E-state index in [-0.39, 0.29) is 24.3 Å². The van der Waals surface area contributed by atoms with Crippen LogP contribution in [0, 0.1) is 0 Å². The number of esters is 1. The lowest BCUT2D eigenvalue weighted by Crippen LogP contribution is -2.48. The molecule has 1 atom stereocenters. The third kappa shape index (κ3) is 6.65. The predicted molar refractivity (Wildman–Crippen MR) is 101 cm³/mol. The Hall–Kier alpha value is -3.88. The Kier molecular flexibility index (Phi) is 7.72. The molecule has 0 aliphatic heterocycles. The predicted octanol–water partition coefficient (Wildman–Crippen LogP) is 1.58. The normalized spacial score (nSPS) is 11.1. The number of rotatable bonds is 8. The molecule has 3 N–H and O–H groups in total. The summed E-state index contributed by atoms with van der Waals surface area (Å²) >= 11 is 0. The van der Waals surface area contributed by atoms with Crippen LogP contribution in [0.2, 0.25) is 0 Å². The van der Waals surface area contributed by atoms with E-state index >= 15 is 0 Å². The zero-order chi connectivity index (χ0) is 21.2. The van der Waals surface area contributed by atoms with Crippen LogP contribution in [-0.4, -0.2) is 48.7 Å². The molecule has 0 fully saturated rings. The Morgan fingerprint density at radius 3 is 2.17 bits per heavy atom. The van der Waals surface area contributed by atoms with Gasteiger partial charge < -0.3 is 25.2 Å². The summed E-state index contributed by atoms with van der Waals surface area (Å²) < 4.78 is 9.55. The van der Waals surface area contributed by atoms with Crippen LogP contribution in [0.3, 0.4) is 0 Å². The number of nitrogens with one attached hydrogen (secondary N) is 2. The molecule has 2 aromatic carbocycles. The van der Waals surface area contributed by atoms with E-state index in [4.69, 9.17) is 4.74 Å². The van der Waals surface area contributed by atoms with Gasteiger partial charge >= 0.3 is 18.0 Å². The molecule has 0 bridgehead atoms. The molecular weight excluding hydrogens is 380 g/mol. The molecule has 0 aliphatic carbocycles. The largest absolute Gasteiger partial charge is 0.480 e. The highest BCUT2D eigenvalue weighted by Crippen LogP contribution is 2.06. The fourth-order valence-corrected chi connectivity index (χ4v) is 2.28. The highest BCUT2D eigenvalue weighted by atomic mass is 16.5. The molecule has 0 radical (unpaired) electrons. The number of methoxy groups -OCH3 is 1. The number of carboxylic acids is 1. The monoisotopic (exact) mass is 400 g/mol. The molecule has 2 amide bonds. The third-order valence-electron chi connectivity index (χ3n) is 3.84. The van der Waals surface area contributed by atoms with Crippen LogP contribution in [0.5, 0.6) is 0 Å². The summed E-state index contributed by atoms with van der Waals surface area (Å²) in [7, 11) is 1.24. The Labute approximate surface area is 166 Å². The molecule has 0 aliphatic rings. The van der Waals surface area contributed by atoms with Gasteiger partial charge in [-0.1, -0.05) is 30.3 Å². The van der Waals surface area contributed by atoms with Crippen molar-refractivity contribution in [3.63, 3.8) is 0 Å². The molecule has 9 nitrogen and oxygen atoms in total. The highest BCUT2D eigenvalue weighted by molar-refractivity contribution is 5.96. The number of alkyl carbamates (subject to hydrolysis) is 1. The van der Waals surface area contributed by atoms with Crippen molar-refractivity contribution in [1.82, 2.24) is 10.6 Å². The number of amides is 2. The fraction of sp³-hybridized carbons (Fsp3) is 0.200. The minimum atomic E-state index is -1.38. The van der Waals surface area contributed by atoms with Gasteiger partial charge in [-0.15, -0.1) is 0 Å². The smallest absolute Gasteiger partial charge is 0.408 e. The summed E-state index contributed by atoms with van der Waals surface area (Å²) in [5.74, 6) is -2.43. The number of benzene rings is 2. The number of ether oxygens (including phenoxy) is 2. The number of aliphatic carboxylic acids is 1. The first-order chi connectivity index (χ1) is 13.9. The van der Waals surface area contributed by atoms with E-state index in [1.165, 1.54) is 31.4 Å². The van der Waals surface area contributed by atoms with Gasteiger partial charge in [0.15, 0.2) is 0 Å². The first-order valence-electron chi connectivity index (χ1n) is 8.57. The van der Waals surface area contributed by atoms with E-state index in [1.807, 2.05) is 6.07 Å². The summed E-state index contributed by atoms with van der Waals surface area (Å²) in [5.41, 5.74) is 1.24. The fourth-order valence-electron chi connectivity index (χ4n) is 2.28.